The Morgan fingerprint density at radius 1 is 1.00 bits per heavy atom. The molecule has 0 spiro atoms. The first-order valence-corrected chi connectivity index (χ1v) is 7.85. The van der Waals surface area contributed by atoms with Gasteiger partial charge in [-0.2, -0.15) is 13.2 Å². The number of alkyl halides is 3. The summed E-state index contributed by atoms with van der Waals surface area (Å²) in [7, 11) is 1.70. The first-order valence-electron chi connectivity index (χ1n) is 7.85. The van der Waals surface area contributed by atoms with Gasteiger partial charge in [0.1, 0.15) is 0 Å². The molecule has 4 nitrogen and oxygen atoms in total. The Bertz CT molecular complexity index is 1010. The number of para-hydroxylation sites is 1. The molecule has 0 fully saturated rings. The highest BCUT2D eigenvalue weighted by molar-refractivity contribution is 5.84. The second-order valence-electron chi connectivity index (χ2n) is 5.75. The molecule has 0 saturated carbocycles. The molecular formula is C19H16F3N3O. The zero-order valence-corrected chi connectivity index (χ0v) is 14.2. The summed E-state index contributed by atoms with van der Waals surface area (Å²) in [6.07, 6.45) is -3.40. The molecule has 0 aliphatic rings. The largest absolute Gasteiger partial charge is 0.417 e. The average Bonchev–Trinajstić information content (AvgIpc) is 2.82. The summed E-state index contributed by atoms with van der Waals surface area (Å²) >= 11 is 0. The fourth-order valence-corrected chi connectivity index (χ4v) is 2.70. The molecule has 26 heavy (non-hydrogen) atoms. The molecule has 0 bridgehead atoms. The minimum Gasteiger partial charge on any atom is -0.283 e. The van der Waals surface area contributed by atoms with Gasteiger partial charge in [-0.25, -0.2) is 9.67 Å². The second kappa shape index (κ2) is 6.67. The molecular weight excluding hydrogens is 343 g/mol. The Kier molecular flexibility index (Phi) is 4.54. The minimum atomic E-state index is -4.49. The third-order valence-corrected chi connectivity index (χ3v) is 4.12. The maximum absolute atomic E-state index is 13.1. The first kappa shape index (κ1) is 17.7. The molecule has 0 amide bonds. The van der Waals surface area contributed by atoms with Gasteiger partial charge in [-0.15, -0.1) is 0 Å². The van der Waals surface area contributed by atoms with Crippen molar-refractivity contribution < 1.29 is 13.2 Å². The summed E-state index contributed by atoms with van der Waals surface area (Å²) in [5.41, 5.74) is 0.0414. The van der Waals surface area contributed by atoms with Crippen LogP contribution >= 0.6 is 0 Å². The lowest BCUT2D eigenvalue weighted by molar-refractivity contribution is -0.137. The van der Waals surface area contributed by atoms with Crippen molar-refractivity contribution in [3.8, 4) is 5.69 Å². The van der Waals surface area contributed by atoms with Crippen molar-refractivity contribution in [2.24, 2.45) is 12.0 Å². The first-order chi connectivity index (χ1) is 12.3. The van der Waals surface area contributed by atoms with E-state index in [9.17, 15) is 18.0 Å². The van der Waals surface area contributed by atoms with E-state index in [0.29, 0.717) is 11.4 Å². The third-order valence-electron chi connectivity index (χ3n) is 4.12. The summed E-state index contributed by atoms with van der Waals surface area (Å²) in [6.45, 7) is 1.70. The number of halogens is 3. The van der Waals surface area contributed by atoms with Crippen LogP contribution in [0.3, 0.4) is 0 Å². The summed E-state index contributed by atoms with van der Waals surface area (Å²) in [6, 6.07) is 14.1. The quantitative estimate of drug-likeness (QED) is 0.644. The highest BCUT2D eigenvalue weighted by Gasteiger charge is 2.32. The topological polar surface area (TPSA) is 39.3 Å². The van der Waals surface area contributed by atoms with E-state index in [2.05, 4.69) is 4.99 Å². The minimum absolute atomic E-state index is 0.0890. The predicted octanol–water partition coefficient (Wildman–Crippen LogP) is 4.25. The molecule has 2 aromatic carbocycles. The van der Waals surface area contributed by atoms with Crippen LogP contribution in [-0.2, 0) is 13.2 Å². The standard InChI is InChI=1S/C19H16F3N3O/c1-13-17(18(26)25(24(13)2)15-9-4-3-5-10-15)23-12-14-8-6-7-11-16(14)19(20,21)22/h3-12H,1-2H3. The van der Waals surface area contributed by atoms with E-state index < -0.39 is 17.3 Å². The smallest absolute Gasteiger partial charge is 0.283 e. The van der Waals surface area contributed by atoms with Crippen molar-refractivity contribution >= 4 is 11.9 Å². The van der Waals surface area contributed by atoms with Gasteiger partial charge in [0.05, 0.1) is 16.9 Å². The van der Waals surface area contributed by atoms with Crippen LogP contribution < -0.4 is 5.56 Å². The Balaban J connectivity index is 2.08. The molecule has 3 aromatic rings. The van der Waals surface area contributed by atoms with Crippen molar-refractivity contribution in [3.63, 3.8) is 0 Å². The maximum Gasteiger partial charge on any atom is 0.417 e. The molecule has 3 rings (SSSR count). The normalized spacial score (nSPS) is 12.0. The van der Waals surface area contributed by atoms with Crippen LogP contribution in [0.4, 0.5) is 18.9 Å². The highest BCUT2D eigenvalue weighted by atomic mass is 19.4. The zero-order valence-electron chi connectivity index (χ0n) is 14.2. The number of rotatable bonds is 3. The summed E-state index contributed by atoms with van der Waals surface area (Å²) in [5, 5.41) is 0. The van der Waals surface area contributed by atoms with Crippen LogP contribution in [0, 0.1) is 6.92 Å². The monoisotopic (exact) mass is 359 g/mol. The fourth-order valence-electron chi connectivity index (χ4n) is 2.70. The van der Waals surface area contributed by atoms with E-state index >= 15 is 0 Å². The van der Waals surface area contributed by atoms with E-state index in [4.69, 9.17) is 0 Å². The molecule has 0 radical (unpaired) electrons. The lowest BCUT2D eigenvalue weighted by atomic mass is 10.1. The molecule has 0 aliphatic carbocycles. The van der Waals surface area contributed by atoms with Gasteiger partial charge < -0.3 is 0 Å². The van der Waals surface area contributed by atoms with Crippen LogP contribution in [-0.4, -0.2) is 15.6 Å². The summed E-state index contributed by atoms with van der Waals surface area (Å²) < 4.78 is 42.3. The zero-order chi connectivity index (χ0) is 18.9. The lowest BCUT2D eigenvalue weighted by Crippen LogP contribution is -2.19. The molecule has 1 heterocycles. The van der Waals surface area contributed by atoms with E-state index in [0.717, 1.165) is 12.3 Å². The van der Waals surface area contributed by atoms with E-state index in [1.807, 2.05) is 6.07 Å². The number of aliphatic imine (C=N–C) groups is 1. The number of aromatic nitrogens is 2. The summed E-state index contributed by atoms with van der Waals surface area (Å²) in [4.78, 5) is 16.8. The SMILES string of the molecule is Cc1c(N=Cc2ccccc2C(F)(F)F)c(=O)n(-c2ccccc2)n1C. The molecule has 1 aromatic heterocycles. The number of hydrogen-bond acceptors (Lipinski definition) is 2. The van der Waals surface area contributed by atoms with Crippen molar-refractivity contribution in [1.82, 2.24) is 9.36 Å². The van der Waals surface area contributed by atoms with E-state index in [1.165, 1.54) is 22.9 Å². The molecule has 0 unspecified atom stereocenters. The molecule has 0 aliphatic heterocycles. The molecule has 0 N–H and O–H groups in total. The molecule has 7 heteroatoms. The van der Waals surface area contributed by atoms with Crippen molar-refractivity contribution in [1.29, 1.82) is 0 Å². The van der Waals surface area contributed by atoms with Crippen LogP contribution in [0.2, 0.25) is 0 Å². The molecule has 0 saturated heterocycles. The Hall–Kier alpha value is -3.09. The summed E-state index contributed by atoms with van der Waals surface area (Å²) in [5.74, 6) is 0. The lowest BCUT2D eigenvalue weighted by Gasteiger charge is -2.09. The van der Waals surface area contributed by atoms with E-state index in [-0.39, 0.29) is 11.3 Å². The Morgan fingerprint density at radius 2 is 1.62 bits per heavy atom. The number of nitrogens with zero attached hydrogens (tertiary/aromatic N) is 3. The maximum atomic E-state index is 13.1. The van der Waals surface area contributed by atoms with Gasteiger partial charge in [0.15, 0.2) is 5.69 Å². The van der Waals surface area contributed by atoms with Gasteiger partial charge in [0.2, 0.25) is 0 Å². The predicted molar refractivity (Wildman–Crippen MR) is 94.4 cm³/mol. The van der Waals surface area contributed by atoms with Gasteiger partial charge in [-0.3, -0.25) is 9.48 Å². The van der Waals surface area contributed by atoms with Crippen molar-refractivity contribution in [3.05, 3.63) is 81.8 Å². The van der Waals surface area contributed by atoms with Crippen LogP contribution in [0.5, 0.6) is 0 Å². The van der Waals surface area contributed by atoms with E-state index in [1.54, 1.807) is 42.9 Å². The molecule has 0 atom stereocenters. The van der Waals surface area contributed by atoms with Gasteiger partial charge in [-0.05, 0) is 25.1 Å². The number of benzene rings is 2. The Morgan fingerprint density at radius 3 is 2.27 bits per heavy atom. The van der Waals surface area contributed by atoms with Gasteiger partial charge in [-0.1, -0.05) is 36.4 Å². The Labute approximate surface area is 147 Å². The molecule has 134 valence electrons. The number of hydrogen-bond donors (Lipinski definition) is 0. The van der Waals surface area contributed by atoms with Gasteiger partial charge in [0, 0.05) is 18.8 Å². The van der Waals surface area contributed by atoms with Gasteiger partial charge >= 0.3 is 6.18 Å². The fraction of sp³-hybridized carbons (Fsp3) is 0.158. The second-order valence-corrected chi connectivity index (χ2v) is 5.75. The van der Waals surface area contributed by atoms with Crippen LogP contribution in [0.1, 0.15) is 16.8 Å². The van der Waals surface area contributed by atoms with Crippen molar-refractivity contribution in [2.75, 3.05) is 0 Å². The van der Waals surface area contributed by atoms with Crippen LogP contribution in [0.25, 0.3) is 5.69 Å². The average molecular weight is 359 g/mol. The third kappa shape index (κ3) is 3.20. The van der Waals surface area contributed by atoms with Crippen molar-refractivity contribution in [2.45, 2.75) is 13.1 Å². The van der Waals surface area contributed by atoms with Gasteiger partial charge in [0.25, 0.3) is 5.56 Å². The van der Waals surface area contributed by atoms with Crippen LogP contribution in [0.15, 0.2) is 64.4 Å². The highest BCUT2D eigenvalue weighted by Crippen LogP contribution is 2.31.